The summed E-state index contributed by atoms with van der Waals surface area (Å²) in [7, 11) is 1.68. The number of carboxylic acids is 1. The van der Waals surface area contributed by atoms with Crippen molar-refractivity contribution in [1.82, 2.24) is 14.3 Å². The maximum atomic E-state index is 11.6. The Morgan fingerprint density at radius 2 is 2.16 bits per heavy atom. The van der Waals surface area contributed by atoms with E-state index < -0.39 is 5.97 Å². The number of amides is 1. The van der Waals surface area contributed by atoms with E-state index in [2.05, 4.69) is 4.98 Å². The molecule has 0 atom stereocenters. The smallest absolute Gasteiger partial charge is 0.356 e. The molecule has 2 aromatic heterocycles. The zero-order valence-corrected chi connectivity index (χ0v) is 10.8. The Bertz CT molecular complexity index is 633. The van der Waals surface area contributed by atoms with E-state index in [1.165, 1.54) is 4.90 Å². The number of carbonyl (C=O) groups excluding carboxylic acids is 1. The van der Waals surface area contributed by atoms with Gasteiger partial charge < -0.3 is 14.4 Å². The number of imidazole rings is 1. The van der Waals surface area contributed by atoms with Gasteiger partial charge in [-0.15, -0.1) is 0 Å². The van der Waals surface area contributed by atoms with Crippen LogP contribution in [0.2, 0.25) is 0 Å². The van der Waals surface area contributed by atoms with E-state index in [4.69, 9.17) is 5.11 Å². The molecule has 0 fully saturated rings. The SMILES string of the molecule is CCC(=O)N(C)Cc1nc(C(=O)O)c2ccccn12. The van der Waals surface area contributed by atoms with Gasteiger partial charge in [0, 0.05) is 19.7 Å². The Balaban J connectivity index is 2.44. The van der Waals surface area contributed by atoms with Crippen molar-refractivity contribution in [3.8, 4) is 0 Å². The van der Waals surface area contributed by atoms with Crippen LogP contribution in [0.1, 0.15) is 29.7 Å². The van der Waals surface area contributed by atoms with Gasteiger partial charge >= 0.3 is 5.97 Å². The highest BCUT2D eigenvalue weighted by Gasteiger charge is 2.18. The van der Waals surface area contributed by atoms with Gasteiger partial charge in [0.25, 0.3) is 0 Å². The Morgan fingerprint density at radius 1 is 1.42 bits per heavy atom. The molecule has 0 unspecified atom stereocenters. The molecular weight excluding hydrogens is 246 g/mol. The summed E-state index contributed by atoms with van der Waals surface area (Å²) in [5.41, 5.74) is 0.537. The van der Waals surface area contributed by atoms with Crippen LogP contribution in [0, 0.1) is 0 Å². The third kappa shape index (κ3) is 2.42. The summed E-state index contributed by atoms with van der Waals surface area (Å²) in [6.07, 6.45) is 2.15. The number of pyridine rings is 1. The summed E-state index contributed by atoms with van der Waals surface area (Å²) < 4.78 is 1.70. The van der Waals surface area contributed by atoms with Crippen molar-refractivity contribution >= 4 is 17.4 Å². The largest absolute Gasteiger partial charge is 0.476 e. The highest BCUT2D eigenvalue weighted by atomic mass is 16.4. The number of carbonyl (C=O) groups is 2. The maximum Gasteiger partial charge on any atom is 0.356 e. The van der Waals surface area contributed by atoms with Crippen LogP contribution in [-0.2, 0) is 11.3 Å². The van der Waals surface area contributed by atoms with Gasteiger partial charge in [-0.1, -0.05) is 13.0 Å². The Hall–Kier alpha value is -2.37. The quantitative estimate of drug-likeness (QED) is 0.902. The molecule has 2 aromatic rings. The molecule has 0 saturated carbocycles. The number of rotatable bonds is 4. The average Bonchev–Trinajstić information content (AvgIpc) is 2.77. The van der Waals surface area contributed by atoms with Crippen LogP contribution >= 0.6 is 0 Å². The molecule has 0 aromatic carbocycles. The second kappa shape index (κ2) is 5.09. The fourth-order valence-corrected chi connectivity index (χ4v) is 1.94. The molecule has 0 aliphatic carbocycles. The first-order valence-electron chi connectivity index (χ1n) is 5.97. The first kappa shape index (κ1) is 13.1. The summed E-state index contributed by atoms with van der Waals surface area (Å²) in [6, 6.07) is 5.25. The fourth-order valence-electron chi connectivity index (χ4n) is 1.94. The molecule has 6 nitrogen and oxygen atoms in total. The number of fused-ring (bicyclic) bond motifs is 1. The maximum absolute atomic E-state index is 11.6. The molecule has 0 bridgehead atoms. The Morgan fingerprint density at radius 3 is 2.79 bits per heavy atom. The lowest BCUT2D eigenvalue weighted by Gasteiger charge is -2.15. The van der Waals surface area contributed by atoms with Crippen LogP contribution in [0.15, 0.2) is 24.4 Å². The zero-order valence-electron chi connectivity index (χ0n) is 10.8. The minimum atomic E-state index is -1.07. The third-order valence-corrected chi connectivity index (χ3v) is 2.93. The molecule has 0 aliphatic heterocycles. The van der Waals surface area contributed by atoms with Crippen molar-refractivity contribution in [1.29, 1.82) is 0 Å². The highest BCUT2D eigenvalue weighted by molar-refractivity contribution is 5.93. The summed E-state index contributed by atoms with van der Waals surface area (Å²) in [6.45, 7) is 2.07. The van der Waals surface area contributed by atoms with Gasteiger partial charge in [0.05, 0.1) is 12.1 Å². The van der Waals surface area contributed by atoms with Crippen LogP contribution in [0.5, 0.6) is 0 Å². The van der Waals surface area contributed by atoms with E-state index >= 15 is 0 Å². The van der Waals surface area contributed by atoms with Crippen molar-refractivity contribution in [3.63, 3.8) is 0 Å². The molecule has 2 rings (SSSR count). The number of nitrogens with zero attached hydrogens (tertiary/aromatic N) is 3. The van der Waals surface area contributed by atoms with E-state index in [0.29, 0.717) is 17.8 Å². The number of hydrogen-bond acceptors (Lipinski definition) is 3. The van der Waals surface area contributed by atoms with Crippen LogP contribution in [-0.4, -0.2) is 38.3 Å². The fraction of sp³-hybridized carbons (Fsp3) is 0.308. The van der Waals surface area contributed by atoms with Crippen LogP contribution in [0.3, 0.4) is 0 Å². The van der Waals surface area contributed by atoms with Gasteiger partial charge in [0.2, 0.25) is 5.91 Å². The molecule has 2 heterocycles. The van der Waals surface area contributed by atoms with Crippen molar-refractivity contribution in [2.75, 3.05) is 7.05 Å². The summed E-state index contributed by atoms with van der Waals surface area (Å²) in [5, 5.41) is 9.13. The summed E-state index contributed by atoms with van der Waals surface area (Å²) in [5.74, 6) is -0.540. The highest BCUT2D eigenvalue weighted by Crippen LogP contribution is 2.14. The number of aromatic nitrogens is 2. The van der Waals surface area contributed by atoms with Gasteiger partial charge in [0.1, 0.15) is 5.82 Å². The molecule has 19 heavy (non-hydrogen) atoms. The minimum absolute atomic E-state index is 0.00736. The molecule has 0 saturated heterocycles. The van der Waals surface area contributed by atoms with Gasteiger partial charge in [-0.3, -0.25) is 4.79 Å². The monoisotopic (exact) mass is 261 g/mol. The Labute approximate surface area is 110 Å². The summed E-state index contributed by atoms with van der Waals surface area (Å²) in [4.78, 5) is 28.4. The van der Waals surface area contributed by atoms with Gasteiger partial charge in [-0.2, -0.15) is 0 Å². The molecule has 0 radical (unpaired) electrons. The third-order valence-electron chi connectivity index (χ3n) is 2.93. The van der Waals surface area contributed by atoms with Crippen molar-refractivity contribution in [2.24, 2.45) is 0 Å². The zero-order chi connectivity index (χ0) is 14.0. The molecule has 0 spiro atoms. The number of carboxylic acid groups (broad SMARTS) is 1. The molecule has 1 amide bonds. The lowest BCUT2D eigenvalue weighted by atomic mass is 10.3. The van der Waals surface area contributed by atoms with E-state index in [1.54, 1.807) is 42.8 Å². The van der Waals surface area contributed by atoms with Crippen molar-refractivity contribution in [2.45, 2.75) is 19.9 Å². The van der Waals surface area contributed by atoms with E-state index in [0.717, 1.165) is 0 Å². The van der Waals surface area contributed by atoms with E-state index in [1.807, 2.05) is 0 Å². The molecular formula is C13H15N3O3. The Kier molecular flexibility index (Phi) is 3.50. The number of hydrogen-bond donors (Lipinski definition) is 1. The van der Waals surface area contributed by atoms with Gasteiger partial charge in [-0.05, 0) is 12.1 Å². The molecule has 100 valence electrons. The van der Waals surface area contributed by atoms with E-state index in [-0.39, 0.29) is 18.1 Å². The lowest BCUT2D eigenvalue weighted by molar-refractivity contribution is -0.130. The standard InChI is InChI=1S/C13H15N3O3/c1-3-11(17)15(2)8-10-14-12(13(18)19)9-6-4-5-7-16(9)10/h4-7H,3,8H2,1-2H3,(H,18,19). The van der Waals surface area contributed by atoms with Gasteiger partial charge in [-0.25, -0.2) is 9.78 Å². The van der Waals surface area contributed by atoms with Crippen LogP contribution < -0.4 is 0 Å². The predicted octanol–water partition coefficient (Wildman–Crippen LogP) is 1.40. The van der Waals surface area contributed by atoms with Crippen molar-refractivity contribution < 1.29 is 14.7 Å². The second-order valence-corrected chi connectivity index (χ2v) is 4.24. The lowest BCUT2D eigenvalue weighted by Crippen LogP contribution is -2.26. The van der Waals surface area contributed by atoms with Gasteiger partial charge in [0.15, 0.2) is 5.69 Å². The normalized spacial score (nSPS) is 10.6. The first-order valence-corrected chi connectivity index (χ1v) is 5.97. The van der Waals surface area contributed by atoms with Crippen molar-refractivity contribution in [3.05, 3.63) is 35.9 Å². The first-order chi connectivity index (χ1) is 9.04. The van der Waals surface area contributed by atoms with Crippen LogP contribution in [0.4, 0.5) is 0 Å². The summed E-state index contributed by atoms with van der Waals surface area (Å²) >= 11 is 0. The second-order valence-electron chi connectivity index (χ2n) is 4.24. The molecule has 6 heteroatoms. The predicted molar refractivity (Wildman–Crippen MR) is 68.9 cm³/mol. The van der Waals surface area contributed by atoms with E-state index in [9.17, 15) is 9.59 Å². The van der Waals surface area contributed by atoms with Crippen LogP contribution in [0.25, 0.3) is 5.52 Å². The number of aromatic carboxylic acids is 1. The topological polar surface area (TPSA) is 74.9 Å². The molecule has 1 N–H and O–H groups in total. The average molecular weight is 261 g/mol. The molecule has 0 aliphatic rings. The minimum Gasteiger partial charge on any atom is -0.476 e.